The van der Waals surface area contributed by atoms with Gasteiger partial charge in [0, 0.05) is 18.7 Å². The molecule has 3 N–H and O–H groups in total. The van der Waals surface area contributed by atoms with Crippen LogP contribution in [0.4, 0.5) is 0 Å². The van der Waals surface area contributed by atoms with E-state index in [-0.39, 0.29) is 29.5 Å². The molecule has 2 heterocycles. The SMILES string of the molecule is CC1(C)CC(NC(=O)C2COCC2N)CCO1. The van der Waals surface area contributed by atoms with E-state index in [0.717, 1.165) is 12.8 Å². The maximum Gasteiger partial charge on any atom is 0.227 e. The molecule has 1 amide bonds. The van der Waals surface area contributed by atoms with Crippen molar-refractivity contribution in [2.24, 2.45) is 11.7 Å². The molecule has 0 bridgehead atoms. The summed E-state index contributed by atoms with van der Waals surface area (Å²) in [5.74, 6) is -0.168. The fourth-order valence-electron chi connectivity index (χ4n) is 2.50. The summed E-state index contributed by atoms with van der Waals surface area (Å²) < 4.78 is 10.8. The average Bonchev–Trinajstić information content (AvgIpc) is 2.62. The number of hydrogen-bond acceptors (Lipinski definition) is 4. The van der Waals surface area contributed by atoms with E-state index in [0.29, 0.717) is 19.8 Å². The van der Waals surface area contributed by atoms with E-state index in [1.165, 1.54) is 0 Å². The van der Waals surface area contributed by atoms with Gasteiger partial charge in [-0.15, -0.1) is 0 Å². The monoisotopic (exact) mass is 242 g/mol. The number of carbonyl (C=O) groups excluding carboxylic acids is 1. The summed E-state index contributed by atoms with van der Waals surface area (Å²) in [6.07, 6.45) is 1.72. The van der Waals surface area contributed by atoms with Crippen LogP contribution >= 0.6 is 0 Å². The van der Waals surface area contributed by atoms with Crippen molar-refractivity contribution in [2.45, 2.75) is 44.4 Å². The smallest absolute Gasteiger partial charge is 0.227 e. The van der Waals surface area contributed by atoms with Gasteiger partial charge in [0.15, 0.2) is 0 Å². The zero-order chi connectivity index (χ0) is 12.5. The molecule has 0 aromatic heterocycles. The maximum absolute atomic E-state index is 12.0. The Bertz CT molecular complexity index is 293. The first-order chi connectivity index (χ1) is 7.98. The predicted octanol–water partition coefficient (Wildman–Crippen LogP) is 0.0339. The van der Waals surface area contributed by atoms with Crippen molar-refractivity contribution in [1.29, 1.82) is 0 Å². The second kappa shape index (κ2) is 4.92. The summed E-state index contributed by atoms with van der Waals surface area (Å²) in [4.78, 5) is 12.0. The van der Waals surface area contributed by atoms with E-state index in [2.05, 4.69) is 19.2 Å². The topological polar surface area (TPSA) is 73.6 Å². The first-order valence-electron chi connectivity index (χ1n) is 6.25. The standard InChI is InChI=1S/C12H22N2O3/c1-12(2)5-8(3-4-17-12)14-11(15)9-6-16-7-10(9)13/h8-10H,3-7,13H2,1-2H3,(H,14,15). The second-order valence-corrected chi connectivity index (χ2v) is 5.61. The zero-order valence-corrected chi connectivity index (χ0v) is 10.6. The van der Waals surface area contributed by atoms with Crippen molar-refractivity contribution >= 4 is 5.91 Å². The van der Waals surface area contributed by atoms with Crippen molar-refractivity contribution in [1.82, 2.24) is 5.32 Å². The van der Waals surface area contributed by atoms with Gasteiger partial charge in [0.2, 0.25) is 5.91 Å². The van der Waals surface area contributed by atoms with Gasteiger partial charge in [-0.1, -0.05) is 0 Å². The molecule has 0 spiro atoms. The highest BCUT2D eigenvalue weighted by Crippen LogP contribution is 2.24. The fourth-order valence-corrected chi connectivity index (χ4v) is 2.50. The average molecular weight is 242 g/mol. The highest BCUT2D eigenvalue weighted by Gasteiger charge is 2.35. The predicted molar refractivity (Wildman–Crippen MR) is 63.5 cm³/mol. The Hall–Kier alpha value is -0.650. The molecule has 5 heteroatoms. The normalized spacial score (nSPS) is 36.8. The van der Waals surface area contributed by atoms with Gasteiger partial charge in [-0.3, -0.25) is 4.79 Å². The molecule has 5 nitrogen and oxygen atoms in total. The molecule has 0 saturated carbocycles. The molecule has 2 rings (SSSR count). The number of carbonyl (C=O) groups is 1. The lowest BCUT2D eigenvalue weighted by molar-refractivity contribution is -0.128. The Labute approximate surface area is 102 Å². The van der Waals surface area contributed by atoms with E-state index in [4.69, 9.17) is 15.2 Å². The molecule has 98 valence electrons. The zero-order valence-electron chi connectivity index (χ0n) is 10.6. The molecule has 2 aliphatic rings. The number of nitrogens with two attached hydrogens (primary N) is 1. The van der Waals surface area contributed by atoms with E-state index in [1.54, 1.807) is 0 Å². The van der Waals surface area contributed by atoms with Crippen LogP contribution in [0.2, 0.25) is 0 Å². The largest absolute Gasteiger partial charge is 0.379 e. The molecule has 0 radical (unpaired) electrons. The maximum atomic E-state index is 12.0. The van der Waals surface area contributed by atoms with Crippen LogP contribution in [0.15, 0.2) is 0 Å². The van der Waals surface area contributed by atoms with Crippen LogP contribution in [-0.4, -0.2) is 43.4 Å². The van der Waals surface area contributed by atoms with Gasteiger partial charge in [-0.2, -0.15) is 0 Å². The van der Waals surface area contributed by atoms with Crippen LogP contribution in [0.25, 0.3) is 0 Å². The van der Waals surface area contributed by atoms with Gasteiger partial charge in [0.05, 0.1) is 24.7 Å². The molecule has 0 aromatic carbocycles. The molecular weight excluding hydrogens is 220 g/mol. The lowest BCUT2D eigenvalue weighted by Gasteiger charge is -2.36. The van der Waals surface area contributed by atoms with Crippen LogP contribution in [0.1, 0.15) is 26.7 Å². The van der Waals surface area contributed by atoms with Crippen molar-refractivity contribution < 1.29 is 14.3 Å². The minimum absolute atomic E-state index is 0.0256. The number of nitrogens with one attached hydrogen (secondary N) is 1. The highest BCUT2D eigenvalue weighted by atomic mass is 16.5. The van der Waals surface area contributed by atoms with Crippen molar-refractivity contribution in [3.8, 4) is 0 Å². The molecule has 17 heavy (non-hydrogen) atoms. The number of rotatable bonds is 2. The summed E-state index contributed by atoms with van der Waals surface area (Å²) in [5.41, 5.74) is 5.68. The molecule has 2 saturated heterocycles. The Morgan fingerprint density at radius 3 is 2.76 bits per heavy atom. The molecule has 3 atom stereocenters. The lowest BCUT2D eigenvalue weighted by Crippen LogP contribution is -2.49. The van der Waals surface area contributed by atoms with E-state index < -0.39 is 0 Å². The van der Waals surface area contributed by atoms with Gasteiger partial charge in [-0.25, -0.2) is 0 Å². The Kier molecular flexibility index (Phi) is 3.70. The highest BCUT2D eigenvalue weighted by molar-refractivity contribution is 5.80. The third kappa shape index (κ3) is 3.18. The van der Waals surface area contributed by atoms with E-state index in [9.17, 15) is 4.79 Å². The van der Waals surface area contributed by atoms with Crippen LogP contribution < -0.4 is 11.1 Å². The first-order valence-corrected chi connectivity index (χ1v) is 6.25. The third-order valence-electron chi connectivity index (χ3n) is 3.50. The number of amides is 1. The van der Waals surface area contributed by atoms with Crippen LogP contribution in [0.5, 0.6) is 0 Å². The van der Waals surface area contributed by atoms with E-state index in [1.807, 2.05) is 0 Å². The summed E-state index contributed by atoms with van der Waals surface area (Å²) >= 11 is 0. The van der Waals surface area contributed by atoms with Gasteiger partial charge in [-0.05, 0) is 26.7 Å². The van der Waals surface area contributed by atoms with E-state index >= 15 is 0 Å². The summed E-state index contributed by atoms with van der Waals surface area (Å²) in [6.45, 7) is 5.73. The number of ether oxygens (including phenoxy) is 2. The quantitative estimate of drug-likeness (QED) is 0.716. The summed E-state index contributed by atoms with van der Waals surface area (Å²) in [7, 11) is 0. The second-order valence-electron chi connectivity index (χ2n) is 5.61. The number of hydrogen-bond donors (Lipinski definition) is 2. The van der Waals surface area contributed by atoms with Crippen LogP contribution in [0, 0.1) is 5.92 Å². The van der Waals surface area contributed by atoms with Gasteiger partial charge < -0.3 is 20.5 Å². The Morgan fingerprint density at radius 2 is 2.18 bits per heavy atom. The molecule has 2 aliphatic heterocycles. The fraction of sp³-hybridized carbons (Fsp3) is 0.917. The summed E-state index contributed by atoms with van der Waals surface area (Å²) in [5, 5.41) is 3.07. The van der Waals surface area contributed by atoms with Crippen molar-refractivity contribution in [3.63, 3.8) is 0 Å². The molecular formula is C12H22N2O3. The molecule has 0 aromatic rings. The minimum Gasteiger partial charge on any atom is -0.379 e. The van der Waals surface area contributed by atoms with Crippen LogP contribution in [0.3, 0.4) is 0 Å². The minimum atomic E-state index is -0.194. The third-order valence-corrected chi connectivity index (χ3v) is 3.50. The van der Waals surface area contributed by atoms with Gasteiger partial charge >= 0.3 is 0 Å². The van der Waals surface area contributed by atoms with Gasteiger partial charge in [0.1, 0.15) is 0 Å². The van der Waals surface area contributed by atoms with Crippen LogP contribution in [-0.2, 0) is 14.3 Å². The Balaban J connectivity index is 1.86. The summed E-state index contributed by atoms with van der Waals surface area (Å²) in [6, 6.07) is 0.0295. The first kappa shape index (κ1) is 12.8. The van der Waals surface area contributed by atoms with Crippen molar-refractivity contribution in [3.05, 3.63) is 0 Å². The van der Waals surface area contributed by atoms with Crippen molar-refractivity contribution in [2.75, 3.05) is 19.8 Å². The van der Waals surface area contributed by atoms with Gasteiger partial charge in [0.25, 0.3) is 0 Å². The Morgan fingerprint density at radius 1 is 1.41 bits per heavy atom. The lowest BCUT2D eigenvalue weighted by atomic mass is 9.93. The molecule has 3 unspecified atom stereocenters. The molecule has 2 fully saturated rings. The molecule has 0 aliphatic carbocycles.